The molecule has 0 amide bonds. The van der Waals surface area contributed by atoms with Crippen LogP contribution in [0.4, 0.5) is 0 Å². The van der Waals surface area contributed by atoms with Gasteiger partial charge in [0.15, 0.2) is 0 Å². The molecular formula is C17H15ClN4O. The van der Waals surface area contributed by atoms with E-state index < -0.39 is 0 Å². The smallest absolute Gasteiger partial charge is 0.280 e. The number of hydrogen-bond acceptors (Lipinski definition) is 3. The van der Waals surface area contributed by atoms with Crippen molar-refractivity contribution in [2.24, 2.45) is 0 Å². The van der Waals surface area contributed by atoms with Gasteiger partial charge in [-0.2, -0.15) is 0 Å². The zero-order valence-electron chi connectivity index (χ0n) is 12.6. The maximum Gasteiger partial charge on any atom is 0.280 e. The summed E-state index contributed by atoms with van der Waals surface area (Å²) in [7, 11) is 0. The van der Waals surface area contributed by atoms with E-state index >= 15 is 0 Å². The minimum absolute atomic E-state index is 0.180. The van der Waals surface area contributed by atoms with Crippen LogP contribution in [0.2, 0.25) is 5.15 Å². The Morgan fingerprint density at radius 3 is 2.91 bits per heavy atom. The van der Waals surface area contributed by atoms with Gasteiger partial charge in [0, 0.05) is 23.8 Å². The van der Waals surface area contributed by atoms with E-state index in [1.54, 1.807) is 24.5 Å². The van der Waals surface area contributed by atoms with Crippen LogP contribution in [0.15, 0.2) is 54.1 Å². The quantitative estimate of drug-likeness (QED) is 0.584. The van der Waals surface area contributed by atoms with Crippen LogP contribution in [0, 0.1) is 0 Å². The molecule has 0 aliphatic heterocycles. The summed E-state index contributed by atoms with van der Waals surface area (Å²) in [6, 6.07) is 1.67. The number of fused-ring (bicyclic) bond motifs is 3. The average molecular weight is 327 g/mol. The molecule has 116 valence electrons. The van der Waals surface area contributed by atoms with Crippen molar-refractivity contribution < 1.29 is 0 Å². The van der Waals surface area contributed by atoms with Crippen molar-refractivity contribution in [3.05, 3.63) is 64.8 Å². The number of hydrogen-bond donors (Lipinski definition) is 1. The molecule has 0 aliphatic carbocycles. The highest BCUT2D eigenvalue weighted by Crippen LogP contribution is 2.22. The third-order valence-corrected chi connectivity index (χ3v) is 3.69. The van der Waals surface area contributed by atoms with E-state index in [1.165, 1.54) is 4.68 Å². The molecule has 0 aromatic carbocycles. The van der Waals surface area contributed by atoms with E-state index in [0.29, 0.717) is 27.3 Å². The molecule has 3 aromatic heterocycles. The Morgan fingerprint density at radius 2 is 2.17 bits per heavy atom. The molecule has 0 saturated carbocycles. The van der Waals surface area contributed by atoms with Crippen LogP contribution in [0.25, 0.3) is 27.5 Å². The lowest BCUT2D eigenvalue weighted by Gasteiger charge is -2.00. The summed E-state index contributed by atoms with van der Waals surface area (Å²) in [4.78, 5) is 21.0. The topological polar surface area (TPSA) is 63.6 Å². The van der Waals surface area contributed by atoms with Gasteiger partial charge in [-0.3, -0.25) is 14.9 Å². The zero-order valence-corrected chi connectivity index (χ0v) is 13.3. The van der Waals surface area contributed by atoms with Crippen molar-refractivity contribution in [1.82, 2.24) is 19.7 Å². The van der Waals surface area contributed by atoms with E-state index in [9.17, 15) is 4.79 Å². The summed E-state index contributed by atoms with van der Waals surface area (Å²) in [5.41, 5.74) is 1.84. The minimum atomic E-state index is -0.180. The van der Waals surface area contributed by atoms with Crippen LogP contribution < -0.4 is 5.56 Å². The van der Waals surface area contributed by atoms with Crippen molar-refractivity contribution in [3.8, 4) is 0 Å². The van der Waals surface area contributed by atoms with Crippen molar-refractivity contribution in [1.29, 1.82) is 0 Å². The van der Waals surface area contributed by atoms with Crippen molar-refractivity contribution in [2.75, 3.05) is 0 Å². The third-order valence-electron chi connectivity index (χ3n) is 3.48. The molecule has 1 N–H and O–H groups in total. The van der Waals surface area contributed by atoms with Crippen LogP contribution >= 0.6 is 11.6 Å². The second kappa shape index (κ2) is 6.22. The van der Waals surface area contributed by atoms with Crippen LogP contribution in [-0.2, 0) is 0 Å². The molecule has 3 rings (SSSR count). The lowest BCUT2D eigenvalue weighted by Crippen LogP contribution is -2.14. The SMILES string of the molecule is C=C/C(=C\C=C/CC)n1[nH]c2c(cnc3cc(Cl)ncc32)c1=O. The molecule has 3 aromatic rings. The lowest BCUT2D eigenvalue weighted by atomic mass is 10.2. The molecule has 5 nitrogen and oxygen atoms in total. The van der Waals surface area contributed by atoms with E-state index in [1.807, 2.05) is 25.2 Å². The number of halogens is 1. The fourth-order valence-corrected chi connectivity index (χ4v) is 2.50. The highest BCUT2D eigenvalue weighted by Gasteiger charge is 2.12. The first kappa shape index (κ1) is 15.2. The third kappa shape index (κ3) is 2.71. The van der Waals surface area contributed by atoms with Gasteiger partial charge in [-0.1, -0.05) is 37.3 Å². The number of H-pyrrole nitrogens is 1. The Labute approximate surface area is 137 Å². The number of nitrogens with zero attached hydrogens (tertiary/aromatic N) is 3. The summed E-state index contributed by atoms with van der Waals surface area (Å²) in [5, 5.41) is 4.72. The van der Waals surface area contributed by atoms with Crippen molar-refractivity contribution in [2.45, 2.75) is 13.3 Å². The van der Waals surface area contributed by atoms with Gasteiger partial charge in [-0.05, 0) is 18.6 Å². The van der Waals surface area contributed by atoms with Gasteiger partial charge in [0.2, 0.25) is 0 Å². The summed E-state index contributed by atoms with van der Waals surface area (Å²) in [6.45, 7) is 5.82. The van der Waals surface area contributed by atoms with Gasteiger partial charge in [0.25, 0.3) is 5.56 Å². The first-order valence-electron chi connectivity index (χ1n) is 7.20. The van der Waals surface area contributed by atoms with Crippen molar-refractivity contribution in [3.63, 3.8) is 0 Å². The predicted molar refractivity (Wildman–Crippen MR) is 94.6 cm³/mol. The predicted octanol–water partition coefficient (Wildman–Crippen LogP) is 3.92. The number of aromatic nitrogens is 4. The summed E-state index contributed by atoms with van der Waals surface area (Å²) >= 11 is 5.89. The number of aromatic amines is 1. The Kier molecular flexibility index (Phi) is 4.12. The van der Waals surface area contributed by atoms with Gasteiger partial charge in [-0.25, -0.2) is 9.67 Å². The average Bonchev–Trinajstić information content (AvgIpc) is 2.88. The zero-order chi connectivity index (χ0) is 16.4. The van der Waals surface area contributed by atoms with Gasteiger partial charge < -0.3 is 0 Å². The van der Waals surface area contributed by atoms with E-state index in [4.69, 9.17) is 11.6 Å². The normalized spacial score (nSPS) is 12.5. The number of allylic oxidation sites excluding steroid dienone is 5. The molecule has 0 radical (unpaired) electrons. The van der Waals surface area contributed by atoms with Crippen molar-refractivity contribution >= 4 is 39.1 Å². The first-order valence-corrected chi connectivity index (χ1v) is 7.58. The fourth-order valence-electron chi connectivity index (χ4n) is 2.35. The molecular weight excluding hydrogens is 312 g/mol. The Hall–Kier alpha value is -2.66. The highest BCUT2D eigenvalue weighted by atomic mass is 35.5. The summed E-state index contributed by atoms with van der Waals surface area (Å²) < 4.78 is 1.45. The minimum Gasteiger partial charge on any atom is -0.289 e. The molecule has 0 unspecified atom stereocenters. The molecule has 0 atom stereocenters. The van der Waals surface area contributed by atoms with Gasteiger partial charge >= 0.3 is 0 Å². The highest BCUT2D eigenvalue weighted by molar-refractivity contribution is 6.30. The molecule has 3 heterocycles. The van der Waals surface area contributed by atoms with Crippen LogP contribution in [0.5, 0.6) is 0 Å². The van der Waals surface area contributed by atoms with Gasteiger partial charge in [0.1, 0.15) is 5.15 Å². The van der Waals surface area contributed by atoms with Gasteiger partial charge in [-0.15, -0.1) is 0 Å². The lowest BCUT2D eigenvalue weighted by molar-refractivity contribution is 0.894. The maximum absolute atomic E-state index is 12.6. The number of rotatable bonds is 4. The van der Waals surface area contributed by atoms with E-state index in [0.717, 1.165) is 11.8 Å². The summed E-state index contributed by atoms with van der Waals surface area (Å²) in [5.74, 6) is 0. The second-order valence-electron chi connectivity index (χ2n) is 4.96. The largest absolute Gasteiger partial charge is 0.289 e. The molecule has 0 saturated heterocycles. The van der Waals surface area contributed by atoms with Crippen LogP contribution in [-0.4, -0.2) is 19.7 Å². The first-order chi connectivity index (χ1) is 11.2. The Morgan fingerprint density at radius 1 is 1.39 bits per heavy atom. The second-order valence-corrected chi connectivity index (χ2v) is 5.34. The van der Waals surface area contributed by atoms with Crippen LogP contribution in [0.1, 0.15) is 13.3 Å². The molecule has 6 heteroatoms. The Balaban J connectivity index is 2.27. The van der Waals surface area contributed by atoms with Crippen LogP contribution in [0.3, 0.4) is 0 Å². The Bertz CT molecular complexity index is 1010. The van der Waals surface area contributed by atoms with E-state index in [-0.39, 0.29) is 5.56 Å². The van der Waals surface area contributed by atoms with Gasteiger partial charge in [0.05, 0.1) is 22.1 Å². The fraction of sp³-hybridized carbons (Fsp3) is 0.118. The maximum atomic E-state index is 12.6. The standard InChI is InChI=1S/C17H15ClN4O/c1-3-5-6-7-11(4-2)22-17(23)13-10-19-14-8-15(18)20-9-12(14)16(13)21-22/h4-10,21H,2-3H2,1H3/b6-5-,11-7+. The number of pyridine rings is 2. The summed E-state index contributed by atoms with van der Waals surface area (Å²) in [6.07, 6.45) is 11.4. The monoisotopic (exact) mass is 326 g/mol. The van der Waals surface area contributed by atoms with E-state index in [2.05, 4.69) is 21.6 Å². The molecule has 0 aliphatic rings. The molecule has 0 fully saturated rings. The molecule has 0 spiro atoms. The molecule has 0 bridgehead atoms. The molecule has 23 heavy (non-hydrogen) atoms. The number of nitrogens with one attached hydrogen (secondary N) is 1.